The Balaban J connectivity index is 2.14. The van der Waals surface area contributed by atoms with E-state index in [1.807, 2.05) is 24.3 Å². The molecule has 0 radical (unpaired) electrons. The van der Waals surface area contributed by atoms with Gasteiger partial charge in [-0.05, 0) is 30.5 Å². The molecule has 1 aromatic rings. The first-order valence-corrected chi connectivity index (χ1v) is 6.52. The summed E-state index contributed by atoms with van der Waals surface area (Å²) in [6.45, 7) is 0.437. The summed E-state index contributed by atoms with van der Waals surface area (Å²) in [5.41, 5.74) is 6.30. The van der Waals surface area contributed by atoms with Gasteiger partial charge in [-0.2, -0.15) is 0 Å². The Kier molecular flexibility index (Phi) is 7.13. The summed E-state index contributed by atoms with van der Waals surface area (Å²) in [5.74, 6) is 0.289. The van der Waals surface area contributed by atoms with Crippen LogP contribution in [0, 0.1) is 0 Å². The highest BCUT2D eigenvalue weighted by molar-refractivity contribution is 5.85. The van der Waals surface area contributed by atoms with Gasteiger partial charge in [-0.25, -0.2) is 0 Å². The lowest BCUT2D eigenvalue weighted by molar-refractivity contribution is -0.125. The van der Waals surface area contributed by atoms with Crippen LogP contribution < -0.4 is 21.1 Å². The largest absolute Gasteiger partial charge is 0.497 e. The Bertz CT molecular complexity index is 432. The molecule has 0 aliphatic rings. The van der Waals surface area contributed by atoms with Crippen LogP contribution in [0.5, 0.6) is 5.75 Å². The number of rotatable bonds is 8. The van der Waals surface area contributed by atoms with Crippen molar-refractivity contribution in [2.24, 2.45) is 5.73 Å². The summed E-state index contributed by atoms with van der Waals surface area (Å²) < 4.78 is 5.08. The van der Waals surface area contributed by atoms with Crippen LogP contribution in [0.4, 0.5) is 0 Å². The molecule has 0 aromatic heterocycles. The van der Waals surface area contributed by atoms with Crippen LogP contribution in [0.15, 0.2) is 24.3 Å². The number of nitrogens with one attached hydrogen (secondary N) is 2. The third-order valence-corrected chi connectivity index (χ3v) is 2.75. The van der Waals surface area contributed by atoms with E-state index in [0.29, 0.717) is 6.54 Å². The van der Waals surface area contributed by atoms with Crippen molar-refractivity contribution in [2.75, 3.05) is 26.7 Å². The number of methoxy groups -OCH3 is 1. The third-order valence-electron chi connectivity index (χ3n) is 2.75. The third kappa shape index (κ3) is 6.19. The SMILES string of the molecule is COc1ccc(CCCNC(=O)CNC(=O)CN)cc1. The average molecular weight is 279 g/mol. The standard InChI is InChI=1S/C14H21N3O3/c1-20-12-6-4-11(5-7-12)3-2-8-16-14(19)10-17-13(18)9-15/h4-7H,2-3,8-10,15H2,1H3,(H,16,19)(H,17,18). The molecule has 0 aliphatic heterocycles. The number of aryl methyl sites for hydroxylation is 1. The maximum atomic E-state index is 11.4. The van der Waals surface area contributed by atoms with Gasteiger partial charge in [0.1, 0.15) is 5.75 Å². The van der Waals surface area contributed by atoms with Gasteiger partial charge in [0.2, 0.25) is 11.8 Å². The minimum Gasteiger partial charge on any atom is -0.497 e. The molecule has 0 heterocycles. The maximum Gasteiger partial charge on any atom is 0.239 e. The smallest absolute Gasteiger partial charge is 0.239 e. The fourth-order valence-electron chi connectivity index (χ4n) is 1.63. The molecule has 0 aliphatic carbocycles. The van der Waals surface area contributed by atoms with Crippen molar-refractivity contribution in [1.82, 2.24) is 10.6 Å². The van der Waals surface area contributed by atoms with Crippen molar-refractivity contribution in [3.8, 4) is 5.75 Å². The zero-order valence-electron chi connectivity index (χ0n) is 11.6. The molecular weight excluding hydrogens is 258 g/mol. The molecule has 4 N–H and O–H groups in total. The van der Waals surface area contributed by atoms with E-state index in [0.717, 1.165) is 18.6 Å². The quantitative estimate of drug-likeness (QED) is 0.575. The van der Waals surface area contributed by atoms with Gasteiger partial charge in [0.15, 0.2) is 0 Å². The molecule has 0 fully saturated rings. The molecule has 6 nitrogen and oxygen atoms in total. The number of ether oxygens (including phenoxy) is 1. The van der Waals surface area contributed by atoms with E-state index in [9.17, 15) is 9.59 Å². The van der Waals surface area contributed by atoms with Gasteiger partial charge < -0.3 is 21.1 Å². The summed E-state index contributed by atoms with van der Waals surface area (Å²) in [6.07, 6.45) is 1.71. The van der Waals surface area contributed by atoms with Crippen molar-refractivity contribution in [3.63, 3.8) is 0 Å². The van der Waals surface area contributed by atoms with Gasteiger partial charge >= 0.3 is 0 Å². The van der Waals surface area contributed by atoms with E-state index in [1.165, 1.54) is 5.56 Å². The minimum absolute atomic E-state index is 0.0292. The highest BCUT2D eigenvalue weighted by atomic mass is 16.5. The van der Waals surface area contributed by atoms with Crippen LogP contribution in [0.3, 0.4) is 0 Å². The summed E-state index contributed by atoms with van der Waals surface area (Å²) >= 11 is 0. The molecule has 2 amide bonds. The summed E-state index contributed by atoms with van der Waals surface area (Å²) in [7, 11) is 1.63. The lowest BCUT2D eigenvalue weighted by Gasteiger charge is -2.07. The van der Waals surface area contributed by atoms with Crippen LogP contribution in [0.2, 0.25) is 0 Å². The van der Waals surface area contributed by atoms with Gasteiger partial charge in [0.25, 0.3) is 0 Å². The summed E-state index contributed by atoms with van der Waals surface area (Å²) in [4.78, 5) is 22.2. The molecule has 6 heteroatoms. The number of hydrogen-bond acceptors (Lipinski definition) is 4. The molecule has 0 bridgehead atoms. The van der Waals surface area contributed by atoms with Crippen LogP contribution in [0.1, 0.15) is 12.0 Å². The number of amides is 2. The fourth-order valence-corrected chi connectivity index (χ4v) is 1.63. The van der Waals surface area contributed by atoms with Crippen molar-refractivity contribution in [3.05, 3.63) is 29.8 Å². The Morgan fingerprint density at radius 2 is 1.85 bits per heavy atom. The van der Waals surface area contributed by atoms with E-state index in [2.05, 4.69) is 10.6 Å². The Morgan fingerprint density at radius 1 is 1.15 bits per heavy atom. The average Bonchev–Trinajstić information content (AvgIpc) is 2.49. The zero-order valence-corrected chi connectivity index (χ0v) is 11.6. The van der Waals surface area contributed by atoms with Crippen molar-refractivity contribution in [2.45, 2.75) is 12.8 Å². The lowest BCUT2D eigenvalue weighted by Crippen LogP contribution is -2.39. The first-order valence-electron chi connectivity index (χ1n) is 6.52. The van der Waals surface area contributed by atoms with E-state index < -0.39 is 0 Å². The molecule has 0 saturated carbocycles. The zero-order chi connectivity index (χ0) is 14.8. The number of benzene rings is 1. The normalized spacial score (nSPS) is 9.90. The van der Waals surface area contributed by atoms with Gasteiger partial charge in [0, 0.05) is 6.54 Å². The van der Waals surface area contributed by atoms with E-state index in [1.54, 1.807) is 7.11 Å². The molecule has 0 saturated heterocycles. The molecule has 0 unspecified atom stereocenters. The second-order valence-corrected chi connectivity index (χ2v) is 4.28. The molecule has 1 aromatic carbocycles. The fraction of sp³-hybridized carbons (Fsp3) is 0.429. The van der Waals surface area contributed by atoms with E-state index in [-0.39, 0.29) is 24.9 Å². The molecule has 1 rings (SSSR count). The summed E-state index contributed by atoms with van der Waals surface area (Å²) in [5, 5.41) is 5.15. The highest BCUT2D eigenvalue weighted by Crippen LogP contribution is 2.12. The molecule has 0 spiro atoms. The van der Waals surface area contributed by atoms with E-state index in [4.69, 9.17) is 10.5 Å². The van der Waals surface area contributed by atoms with Crippen LogP contribution in [-0.2, 0) is 16.0 Å². The lowest BCUT2D eigenvalue weighted by atomic mass is 10.1. The molecular formula is C14H21N3O3. The Hall–Kier alpha value is -2.08. The number of hydrogen-bond donors (Lipinski definition) is 3. The van der Waals surface area contributed by atoms with Crippen molar-refractivity contribution >= 4 is 11.8 Å². The monoisotopic (exact) mass is 279 g/mol. The Labute approximate surface area is 118 Å². The number of carbonyl (C=O) groups is 2. The number of carbonyl (C=O) groups excluding carboxylic acids is 2. The topological polar surface area (TPSA) is 93.5 Å². The van der Waals surface area contributed by atoms with Crippen molar-refractivity contribution < 1.29 is 14.3 Å². The molecule has 110 valence electrons. The van der Waals surface area contributed by atoms with Crippen LogP contribution >= 0.6 is 0 Å². The predicted octanol–water partition coefficient (Wildman–Crippen LogP) is -0.181. The molecule has 0 atom stereocenters. The maximum absolute atomic E-state index is 11.4. The highest BCUT2D eigenvalue weighted by Gasteiger charge is 2.03. The predicted molar refractivity (Wildman–Crippen MR) is 76.4 cm³/mol. The first-order chi connectivity index (χ1) is 9.65. The van der Waals surface area contributed by atoms with Gasteiger partial charge in [-0.1, -0.05) is 12.1 Å². The van der Waals surface area contributed by atoms with Gasteiger partial charge in [-0.3, -0.25) is 9.59 Å². The second kappa shape index (κ2) is 8.92. The van der Waals surface area contributed by atoms with Crippen LogP contribution in [0.25, 0.3) is 0 Å². The van der Waals surface area contributed by atoms with Crippen LogP contribution in [-0.4, -0.2) is 38.6 Å². The minimum atomic E-state index is -0.335. The van der Waals surface area contributed by atoms with Crippen molar-refractivity contribution in [1.29, 1.82) is 0 Å². The van der Waals surface area contributed by atoms with E-state index >= 15 is 0 Å². The second-order valence-electron chi connectivity index (χ2n) is 4.28. The van der Waals surface area contributed by atoms with Gasteiger partial charge in [-0.15, -0.1) is 0 Å². The van der Waals surface area contributed by atoms with Gasteiger partial charge in [0.05, 0.1) is 20.2 Å². The molecule has 20 heavy (non-hydrogen) atoms. The number of nitrogens with two attached hydrogens (primary N) is 1. The Morgan fingerprint density at radius 3 is 2.45 bits per heavy atom. The summed E-state index contributed by atoms with van der Waals surface area (Å²) in [6, 6.07) is 7.83. The first kappa shape index (κ1) is 16.0.